The van der Waals surface area contributed by atoms with Crippen LogP contribution in [0.3, 0.4) is 0 Å². The molecular weight excluding hydrogens is 284 g/mol. The van der Waals surface area contributed by atoms with Gasteiger partial charge in [0.25, 0.3) is 0 Å². The van der Waals surface area contributed by atoms with Gasteiger partial charge in [-0.2, -0.15) is 0 Å². The topological polar surface area (TPSA) is 34.1 Å². The zero-order valence-electron chi connectivity index (χ0n) is 15.8. The molecule has 0 fully saturated rings. The third kappa shape index (κ3) is 16.0. The van der Waals surface area contributed by atoms with Crippen molar-refractivity contribution in [2.45, 2.75) is 123 Å². The maximum atomic E-state index is 11.5. The lowest BCUT2D eigenvalue weighted by Gasteiger charge is -2.03. The fraction of sp³-hybridized carbons (Fsp3) is 0.905. The summed E-state index contributed by atoms with van der Waals surface area (Å²) >= 11 is 0. The lowest BCUT2D eigenvalue weighted by Crippen LogP contribution is -2.12. The Morgan fingerprint density at radius 1 is 0.435 bits per heavy atom. The van der Waals surface area contributed by atoms with E-state index < -0.39 is 0 Å². The van der Waals surface area contributed by atoms with Gasteiger partial charge in [-0.3, -0.25) is 9.59 Å². The number of carbonyl (C=O) groups is 2. The Morgan fingerprint density at radius 2 is 0.783 bits per heavy atom. The summed E-state index contributed by atoms with van der Waals surface area (Å²) in [5.74, 6) is -0.312. The van der Waals surface area contributed by atoms with E-state index in [1.165, 1.54) is 77.0 Å². The Balaban J connectivity index is 3.16. The van der Waals surface area contributed by atoms with Crippen LogP contribution in [0, 0.1) is 0 Å². The standard InChI is InChI=1S/C21H40O2/c1-3-5-6-7-8-9-10-11-12-13-14-15-16-17-19-21(23)20(22)18-4-2/h3-19H2,1-2H3. The van der Waals surface area contributed by atoms with Crippen LogP contribution in [0.5, 0.6) is 0 Å². The van der Waals surface area contributed by atoms with Gasteiger partial charge < -0.3 is 0 Å². The molecule has 0 aromatic heterocycles. The summed E-state index contributed by atoms with van der Waals surface area (Å²) in [7, 11) is 0. The molecule has 0 aromatic carbocycles. The van der Waals surface area contributed by atoms with Gasteiger partial charge in [0.2, 0.25) is 0 Å². The minimum atomic E-state index is -0.165. The van der Waals surface area contributed by atoms with Gasteiger partial charge in [0.05, 0.1) is 0 Å². The van der Waals surface area contributed by atoms with Crippen molar-refractivity contribution in [3.63, 3.8) is 0 Å². The van der Waals surface area contributed by atoms with Gasteiger partial charge in [0.15, 0.2) is 11.6 Å². The summed E-state index contributed by atoms with van der Waals surface area (Å²) in [6, 6.07) is 0. The summed E-state index contributed by atoms with van der Waals surface area (Å²) in [5.41, 5.74) is 0. The average Bonchev–Trinajstić information content (AvgIpc) is 2.55. The van der Waals surface area contributed by atoms with E-state index in [1.54, 1.807) is 0 Å². The Kier molecular flexibility index (Phi) is 17.2. The molecule has 0 spiro atoms. The van der Waals surface area contributed by atoms with Crippen LogP contribution in [0.1, 0.15) is 123 Å². The molecule has 23 heavy (non-hydrogen) atoms. The van der Waals surface area contributed by atoms with Crippen molar-refractivity contribution >= 4 is 11.6 Å². The van der Waals surface area contributed by atoms with E-state index in [1.807, 2.05) is 6.92 Å². The minimum absolute atomic E-state index is 0.147. The number of rotatable bonds is 18. The first-order valence-corrected chi connectivity index (χ1v) is 10.3. The highest BCUT2D eigenvalue weighted by Crippen LogP contribution is 2.13. The third-order valence-electron chi connectivity index (χ3n) is 4.55. The van der Waals surface area contributed by atoms with Crippen molar-refractivity contribution in [3.05, 3.63) is 0 Å². The average molecular weight is 325 g/mol. The van der Waals surface area contributed by atoms with Crippen molar-refractivity contribution in [1.82, 2.24) is 0 Å². The molecule has 0 aliphatic heterocycles. The van der Waals surface area contributed by atoms with E-state index in [2.05, 4.69) is 6.92 Å². The molecular formula is C21H40O2. The van der Waals surface area contributed by atoms with Gasteiger partial charge in [0, 0.05) is 12.8 Å². The van der Waals surface area contributed by atoms with Crippen molar-refractivity contribution in [1.29, 1.82) is 0 Å². The van der Waals surface area contributed by atoms with Crippen LogP contribution in [-0.4, -0.2) is 11.6 Å². The number of hydrogen-bond donors (Lipinski definition) is 0. The highest BCUT2D eigenvalue weighted by Gasteiger charge is 2.11. The molecule has 0 radical (unpaired) electrons. The molecule has 0 aliphatic carbocycles. The molecule has 0 atom stereocenters. The monoisotopic (exact) mass is 324 g/mol. The molecule has 0 rings (SSSR count). The SMILES string of the molecule is CCCCCCCCCCCCCCCCC(=O)C(=O)CCC. The number of unbranched alkanes of at least 4 members (excludes halogenated alkanes) is 13. The molecule has 2 heteroatoms. The zero-order valence-corrected chi connectivity index (χ0v) is 15.8. The first kappa shape index (κ1) is 22.3. The smallest absolute Gasteiger partial charge is 0.198 e. The minimum Gasteiger partial charge on any atom is -0.291 e. The van der Waals surface area contributed by atoms with Crippen LogP contribution in [0.25, 0.3) is 0 Å². The number of ketones is 2. The Morgan fingerprint density at radius 3 is 1.17 bits per heavy atom. The molecule has 2 nitrogen and oxygen atoms in total. The van der Waals surface area contributed by atoms with Crippen LogP contribution in [0.15, 0.2) is 0 Å². The molecule has 0 amide bonds. The van der Waals surface area contributed by atoms with E-state index >= 15 is 0 Å². The molecule has 0 N–H and O–H groups in total. The molecule has 0 aliphatic rings. The van der Waals surface area contributed by atoms with Crippen molar-refractivity contribution < 1.29 is 9.59 Å². The number of Topliss-reactive ketones (excluding diaryl/α,β-unsaturated/α-hetero) is 2. The summed E-state index contributed by atoms with van der Waals surface area (Å²) < 4.78 is 0. The van der Waals surface area contributed by atoms with Gasteiger partial charge >= 0.3 is 0 Å². The molecule has 0 saturated carbocycles. The van der Waals surface area contributed by atoms with E-state index in [4.69, 9.17) is 0 Å². The van der Waals surface area contributed by atoms with Gasteiger partial charge in [-0.25, -0.2) is 0 Å². The number of carbonyl (C=O) groups excluding carboxylic acids is 2. The lowest BCUT2D eigenvalue weighted by molar-refractivity contribution is -0.136. The molecule has 0 heterocycles. The summed E-state index contributed by atoms with van der Waals surface area (Å²) in [6.07, 6.45) is 20.1. The lowest BCUT2D eigenvalue weighted by atomic mass is 10.0. The predicted octanol–water partition coefficient (Wildman–Crippen LogP) is 6.80. The number of hydrogen-bond acceptors (Lipinski definition) is 2. The summed E-state index contributed by atoms with van der Waals surface area (Å²) in [4.78, 5) is 22.9. The van der Waals surface area contributed by atoms with E-state index in [0.717, 1.165) is 19.3 Å². The van der Waals surface area contributed by atoms with Crippen LogP contribution in [0.4, 0.5) is 0 Å². The van der Waals surface area contributed by atoms with Crippen LogP contribution in [-0.2, 0) is 9.59 Å². The van der Waals surface area contributed by atoms with E-state index in [9.17, 15) is 9.59 Å². The van der Waals surface area contributed by atoms with E-state index in [-0.39, 0.29) is 11.6 Å². The molecule has 0 unspecified atom stereocenters. The van der Waals surface area contributed by atoms with Gasteiger partial charge in [-0.1, -0.05) is 97.3 Å². The van der Waals surface area contributed by atoms with E-state index in [0.29, 0.717) is 12.8 Å². The predicted molar refractivity (Wildman–Crippen MR) is 99.9 cm³/mol. The largest absolute Gasteiger partial charge is 0.291 e. The van der Waals surface area contributed by atoms with Gasteiger partial charge in [-0.15, -0.1) is 0 Å². The van der Waals surface area contributed by atoms with Crippen molar-refractivity contribution in [2.75, 3.05) is 0 Å². The molecule has 0 bridgehead atoms. The normalized spacial score (nSPS) is 10.9. The van der Waals surface area contributed by atoms with Crippen molar-refractivity contribution in [2.24, 2.45) is 0 Å². The summed E-state index contributed by atoms with van der Waals surface area (Å²) in [5, 5.41) is 0. The molecule has 0 saturated heterocycles. The Labute approximate surface area is 144 Å². The highest BCUT2D eigenvalue weighted by atomic mass is 16.2. The first-order valence-electron chi connectivity index (χ1n) is 10.3. The van der Waals surface area contributed by atoms with Gasteiger partial charge in [-0.05, 0) is 12.8 Å². The van der Waals surface area contributed by atoms with Gasteiger partial charge in [0.1, 0.15) is 0 Å². The summed E-state index contributed by atoms with van der Waals surface area (Å²) in [6.45, 7) is 4.21. The molecule has 136 valence electrons. The second kappa shape index (κ2) is 17.7. The second-order valence-corrected chi connectivity index (χ2v) is 6.94. The highest BCUT2D eigenvalue weighted by molar-refractivity contribution is 6.37. The first-order chi connectivity index (χ1) is 11.2. The molecule has 0 aromatic rings. The van der Waals surface area contributed by atoms with Crippen molar-refractivity contribution in [3.8, 4) is 0 Å². The Bertz CT molecular complexity index is 284. The maximum absolute atomic E-state index is 11.5. The van der Waals surface area contributed by atoms with Crippen LogP contribution < -0.4 is 0 Å². The second-order valence-electron chi connectivity index (χ2n) is 6.94. The zero-order chi connectivity index (χ0) is 17.2. The Hall–Kier alpha value is -0.660. The van der Waals surface area contributed by atoms with Crippen LogP contribution in [0.2, 0.25) is 0 Å². The quantitative estimate of drug-likeness (QED) is 0.205. The third-order valence-corrected chi connectivity index (χ3v) is 4.55. The maximum Gasteiger partial charge on any atom is 0.198 e. The fourth-order valence-electron chi connectivity index (χ4n) is 2.99. The fourth-order valence-corrected chi connectivity index (χ4v) is 2.99. The van der Waals surface area contributed by atoms with Crippen LogP contribution >= 0.6 is 0 Å².